The highest BCUT2D eigenvalue weighted by Crippen LogP contribution is 2.22. The molecule has 8 heteroatoms. The van der Waals surface area contributed by atoms with E-state index in [4.69, 9.17) is 0 Å². The van der Waals surface area contributed by atoms with E-state index in [0.717, 1.165) is 25.7 Å². The average molecular weight is 334 g/mol. The van der Waals surface area contributed by atoms with Crippen molar-refractivity contribution in [3.8, 4) is 0 Å². The van der Waals surface area contributed by atoms with Crippen LogP contribution >= 0.6 is 0 Å². The van der Waals surface area contributed by atoms with Crippen molar-refractivity contribution in [3.05, 3.63) is 12.2 Å². The maximum Gasteiger partial charge on any atom is 0.318 e. The van der Waals surface area contributed by atoms with Crippen LogP contribution < -0.4 is 10.6 Å². The van der Waals surface area contributed by atoms with Gasteiger partial charge in [0.25, 0.3) is 0 Å². The van der Waals surface area contributed by atoms with Crippen molar-refractivity contribution in [3.63, 3.8) is 0 Å². The predicted octanol–water partition coefficient (Wildman–Crippen LogP) is 0.986. The summed E-state index contributed by atoms with van der Waals surface area (Å²) in [6, 6.07) is -0.258. The summed E-state index contributed by atoms with van der Waals surface area (Å²) in [6.07, 6.45) is 5.17. The van der Waals surface area contributed by atoms with Crippen LogP contribution in [0.15, 0.2) is 6.33 Å². The minimum atomic E-state index is -0.355. The summed E-state index contributed by atoms with van der Waals surface area (Å²) in [7, 11) is 0. The fraction of sp³-hybridized carbons (Fsp3) is 0.750. The summed E-state index contributed by atoms with van der Waals surface area (Å²) in [6.45, 7) is 7.01. The normalized spacial score (nSPS) is 21.0. The molecule has 0 spiro atoms. The monoisotopic (exact) mass is 334 g/mol. The third-order valence-corrected chi connectivity index (χ3v) is 4.39. The molecular weight excluding hydrogens is 308 g/mol. The van der Waals surface area contributed by atoms with Crippen LogP contribution in [-0.4, -0.2) is 50.2 Å². The highest BCUT2D eigenvalue weighted by atomic mass is 16.2. The molecular formula is C16H26N6O2. The van der Waals surface area contributed by atoms with Crippen molar-refractivity contribution in [2.24, 2.45) is 0 Å². The van der Waals surface area contributed by atoms with Crippen molar-refractivity contribution < 1.29 is 9.59 Å². The lowest BCUT2D eigenvalue weighted by Crippen LogP contribution is -2.50. The molecule has 2 aliphatic rings. The van der Waals surface area contributed by atoms with Gasteiger partial charge in [-0.05, 0) is 46.5 Å². The molecule has 1 saturated carbocycles. The number of likely N-dealkylation sites (tertiary alicyclic amines) is 1. The first-order valence-electron chi connectivity index (χ1n) is 8.60. The van der Waals surface area contributed by atoms with Gasteiger partial charge in [-0.1, -0.05) is 0 Å². The molecule has 3 amide bonds. The highest BCUT2D eigenvalue weighted by Gasteiger charge is 2.36. The number of carbonyl (C=O) groups excluding carboxylic acids is 2. The van der Waals surface area contributed by atoms with Gasteiger partial charge in [0, 0.05) is 12.6 Å². The van der Waals surface area contributed by atoms with Gasteiger partial charge in [-0.3, -0.25) is 4.79 Å². The Kier molecular flexibility index (Phi) is 4.47. The zero-order valence-electron chi connectivity index (χ0n) is 14.6. The molecule has 1 aliphatic carbocycles. The number of rotatable bonds is 4. The van der Waals surface area contributed by atoms with Gasteiger partial charge in [-0.25, -0.2) is 14.5 Å². The second-order valence-electron chi connectivity index (χ2n) is 7.55. The average Bonchev–Trinajstić information content (AvgIpc) is 3.04. The van der Waals surface area contributed by atoms with E-state index in [9.17, 15) is 9.59 Å². The molecule has 2 heterocycles. The number of nitrogens with zero attached hydrogens (tertiary/aromatic N) is 4. The standard InChI is InChI=1S/C16H26N6O2/c1-16(2,3)22-13(18-10-19-22)9-17-15(24)21-8-4-5-12(21)14(23)20-11-6-7-11/h10-12H,4-9H2,1-3H3,(H,17,24)(H,20,23)/t12-/m0/s1. The van der Waals surface area contributed by atoms with Crippen LogP contribution in [0.25, 0.3) is 0 Å². The van der Waals surface area contributed by atoms with Crippen LogP contribution in [0.3, 0.4) is 0 Å². The molecule has 1 saturated heterocycles. The summed E-state index contributed by atoms with van der Waals surface area (Å²) in [5.74, 6) is 0.678. The molecule has 2 fully saturated rings. The molecule has 1 aromatic rings. The van der Waals surface area contributed by atoms with E-state index in [-0.39, 0.29) is 23.5 Å². The second kappa shape index (κ2) is 6.41. The van der Waals surface area contributed by atoms with E-state index in [2.05, 4.69) is 20.7 Å². The third kappa shape index (κ3) is 3.68. The number of hydrogen-bond donors (Lipinski definition) is 2. The molecule has 8 nitrogen and oxygen atoms in total. The first-order valence-corrected chi connectivity index (χ1v) is 8.60. The van der Waals surface area contributed by atoms with Gasteiger partial charge in [0.05, 0.1) is 12.1 Å². The van der Waals surface area contributed by atoms with E-state index in [1.165, 1.54) is 6.33 Å². The van der Waals surface area contributed by atoms with Crippen LogP contribution in [-0.2, 0) is 16.9 Å². The third-order valence-electron chi connectivity index (χ3n) is 4.39. The summed E-state index contributed by atoms with van der Waals surface area (Å²) >= 11 is 0. The number of carbonyl (C=O) groups is 2. The zero-order chi connectivity index (χ0) is 17.3. The first kappa shape index (κ1) is 16.7. The first-order chi connectivity index (χ1) is 11.4. The number of aromatic nitrogens is 3. The van der Waals surface area contributed by atoms with Gasteiger partial charge in [0.2, 0.25) is 5.91 Å². The number of hydrogen-bond acceptors (Lipinski definition) is 4. The molecule has 1 aliphatic heterocycles. The van der Waals surface area contributed by atoms with Crippen LogP contribution in [0, 0.1) is 0 Å². The number of nitrogens with one attached hydrogen (secondary N) is 2. The molecule has 0 unspecified atom stereocenters. The van der Waals surface area contributed by atoms with Crippen molar-refractivity contribution in [2.45, 2.75) is 70.6 Å². The molecule has 1 aromatic heterocycles. The Labute approximate surface area is 142 Å². The summed E-state index contributed by atoms with van der Waals surface area (Å²) in [5.41, 5.74) is -0.198. The second-order valence-corrected chi connectivity index (χ2v) is 7.55. The van der Waals surface area contributed by atoms with Gasteiger partial charge in [-0.15, -0.1) is 0 Å². The topological polar surface area (TPSA) is 92.2 Å². The molecule has 0 radical (unpaired) electrons. The zero-order valence-corrected chi connectivity index (χ0v) is 14.6. The largest absolute Gasteiger partial charge is 0.352 e. The Balaban J connectivity index is 1.58. The maximum atomic E-state index is 12.5. The Bertz CT molecular complexity index is 616. The Morgan fingerprint density at radius 2 is 2.04 bits per heavy atom. The van der Waals surface area contributed by atoms with Gasteiger partial charge in [0.1, 0.15) is 18.2 Å². The quantitative estimate of drug-likeness (QED) is 0.859. The van der Waals surface area contributed by atoms with Crippen molar-refractivity contribution in [1.29, 1.82) is 0 Å². The van der Waals surface area contributed by atoms with Crippen molar-refractivity contribution >= 4 is 11.9 Å². The molecule has 0 bridgehead atoms. The number of amides is 3. The van der Waals surface area contributed by atoms with Crippen LogP contribution in [0.2, 0.25) is 0 Å². The van der Waals surface area contributed by atoms with Crippen LogP contribution in [0.4, 0.5) is 4.79 Å². The predicted molar refractivity (Wildman–Crippen MR) is 88.1 cm³/mol. The lowest BCUT2D eigenvalue weighted by molar-refractivity contribution is -0.124. The van der Waals surface area contributed by atoms with E-state index in [1.807, 2.05) is 20.8 Å². The van der Waals surface area contributed by atoms with Crippen molar-refractivity contribution in [1.82, 2.24) is 30.3 Å². The smallest absolute Gasteiger partial charge is 0.318 e. The molecule has 2 N–H and O–H groups in total. The van der Waals surface area contributed by atoms with Crippen molar-refractivity contribution in [2.75, 3.05) is 6.54 Å². The van der Waals surface area contributed by atoms with E-state index in [1.54, 1.807) is 9.58 Å². The summed E-state index contributed by atoms with van der Waals surface area (Å²) < 4.78 is 1.80. The molecule has 0 aromatic carbocycles. The summed E-state index contributed by atoms with van der Waals surface area (Å²) in [5, 5.41) is 10.1. The molecule has 132 valence electrons. The fourth-order valence-electron chi connectivity index (χ4n) is 3.01. The molecule has 1 atom stereocenters. The van der Waals surface area contributed by atoms with Gasteiger partial charge in [0.15, 0.2) is 0 Å². The van der Waals surface area contributed by atoms with E-state index < -0.39 is 0 Å². The van der Waals surface area contributed by atoms with Gasteiger partial charge < -0.3 is 15.5 Å². The molecule has 3 rings (SSSR count). The van der Waals surface area contributed by atoms with E-state index >= 15 is 0 Å². The molecule has 24 heavy (non-hydrogen) atoms. The van der Waals surface area contributed by atoms with Gasteiger partial charge >= 0.3 is 6.03 Å². The Morgan fingerprint density at radius 3 is 2.71 bits per heavy atom. The number of urea groups is 1. The van der Waals surface area contributed by atoms with Crippen LogP contribution in [0.5, 0.6) is 0 Å². The van der Waals surface area contributed by atoms with Gasteiger partial charge in [-0.2, -0.15) is 5.10 Å². The lowest BCUT2D eigenvalue weighted by atomic mass is 10.1. The highest BCUT2D eigenvalue weighted by molar-refractivity contribution is 5.88. The Hall–Kier alpha value is -2.12. The Morgan fingerprint density at radius 1 is 1.29 bits per heavy atom. The lowest BCUT2D eigenvalue weighted by Gasteiger charge is -2.25. The van der Waals surface area contributed by atoms with Crippen LogP contribution in [0.1, 0.15) is 52.3 Å². The minimum absolute atomic E-state index is 0.0250. The summed E-state index contributed by atoms with van der Waals surface area (Å²) in [4.78, 5) is 30.6. The fourth-order valence-corrected chi connectivity index (χ4v) is 3.01. The maximum absolute atomic E-state index is 12.5. The van der Waals surface area contributed by atoms with E-state index in [0.29, 0.717) is 25.0 Å². The minimum Gasteiger partial charge on any atom is -0.352 e. The SMILES string of the molecule is CC(C)(C)n1ncnc1CNC(=O)N1CCC[C@H]1C(=O)NC1CC1.